The van der Waals surface area contributed by atoms with Crippen LogP contribution in [0.1, 0.15) is 46.0 Å². The Balaban J connectivity index is 2.18. The minimum Gasteiger partial charge on any atom is -0.378 e. The summed E-state index contributed by atoms with van der Waals surface area (Å²) < 4.78 is 5.74. The molecule has 0 spiro atoms. The average molecular weight is 156 g/mol. The quantitative estimate of drug-likeness (QED) is 0.610. The van der Waals surface area contributed by atoms with Gasteiger partial charge in [-0.15, -0.1) is 0 Å². The van der Waals surface area contributed by atoms with E-state index in [4.69, 9.17) is 4.74 Å². The van der Waals surface area contributed by atoms with E-state index in [0.29, 0.717) is 6.10 Å². The van der Waals surface area contributed by atoms with Crippen LogP contribution in [-0.2, 0) is 4.74 Å². The molecule has 0 heterocycles. The van der Waals surface area contributed by atoms with Gasteiger partial charge in [0.05, 0.1) is 6.10 Å². The van der Waals surface area contributed by atoms with Gasteiger partial charge in [0.2, 0.25) is 0 Å². The molecule has 0 aromatic rings. The molecule has 11 heavy (non-hydrogen) atoms. The SMILES string of the molecule is CCCOC1CCCCC1C. The Morgan fingerprint density at radius 3 is 2.64 bits per heavy atom. The average Bonchev–Trinajstić information content (AvgIpc) is 2.03. The summed E-state index contributed by atoms with van der Waals surface area (Å²) in [7, 11) is 0. The third-order valence-corrected chi connectivity index (χ3v) is 2.57. The lowest BCUT2D eigenvalue weighted by Crippen LogP contribution is -2.25. The standard InChI is InChI=1S/C10H20O/c1-3-8-11-10-7-5-4-6-9(10)2/h9-10H,3-8H2,1-2H3. The van der Waals surface area contributed by atoms with Gasteiger partial charge in [0.25, 0.3) is 0 Å². The highest BCUT2D eigenvalue weighted by Gasteiger charge is 2.20. The molecule has 1 saturated carbocycles. The summed E-state index contributed by atoms with van der Waals surface area (Å²) in [5.41, 5.74) is 0. The van der Waals surface area contributed by atoms with E-state index in [2.05, 4.69) is 13.8 Å². The lowest BCUT2D eigenvalue weighted by atomic mass is 9.88. The van der Waals surface area contributed by atoms with E-state index < -0.39 is 0 Å². The van der Waals surface area contributed by atoms with Crippen LogP contribution in [0.2, 0.25) is 0 Å². The predicted octanol–water partition coefficient (Wildman–Crippen LogP) is 2.99. The summed E-state index contributed by atoms with van der Waals surface area (Å²) in [6, 6.07) is 0. The van der Waals surface area contributed by atoms with Gasteiger partial charge in [0, 0.05) is 6.61 Å². The van der Waals surface area contributed by atoms with Crippen molar-refractivity contribution in [1.29, 1.82) is 0 Å². The van der Waals surface area contributed by atoms with Crippen LogP contribution in [0.4, 0.5) is 0 Å². The van der Waals surface area contributed by atoms with Crippen LogP contribution < -0.4 is 0 Å². The van der Waals surface area contributed by atoms with Gasteiger partial charge in [-0.2, -0.15) is 0 Å². The van der Waals surface area contributed by atoms with Crippen molar-refractivity contribution < 1.29 is 4.74 Å². The second kappa shape index (κ2) is 4.76. The summed E-state index contributed by atoms with van der Waals surface area (Å²) >= 11 is 0. The molecule has 1 aliphatic carbocycles. The largest absolute Gasteiger partial charge is 0.378 e. The van der Waals surface area contributed by atoms with Crippen molar-refractivity contribution in [3.05, 3.63) is 0 Å². The zero-order valence-electron chi connectivity index (χ0n) is 7.81. The molecule has 0 aromatic carbocycles. The minimum atomic E-state index is 0.573. The van der Waals surface area contributed by atoms with Crippen molar-refractivity contribution in [3.8, 4) is 0 Å². The number of ether oxygens (including phenoxy) is 1. The summed E-state index contributed by atoms with van der Waals surface area (Å²) in [5, 5.41) is 0. The molecule has 0 aromatic heterocycles. The second-order valence-electron chi connectivity index (χ2n) is 3.67. The second-order valence-corrected chi connectivity index (χ2v) is 3.67. The molecule has 0 N–H and O–H groups in total. The lowest BCUT2D eigenvalue weighted by molar-refractivity contribution is -0.00450. The molecule has 0 saturated heterocycles. The van der Waals surface area contributed by atoms with E-state index >= 15 is 0 Å². The molecule has 66 valence electrons. The summed E-state index contributed by atoms with van der Waals surface area (Å²) in [4.78, 5) is 0. The first-order valence-electron chi connectivity index (χ1n) is 4.96. The number of hydrogen-bond acceptors (Lipinski definition) is 1. The van der Waals surface area contributed by atoms with Crippen molar-refractivity contribution in [1.82, 2.24) is 0 Å². The third-order valence-electron chi connectivity index (χ3n) is 2.57. The van der Waals surface area contributed by atoms with Gasteiger partial charge in [-0.3, -0.25) is 0 Å². The molecule has 0 radical (unpaired) electrons. The molecule has 2 atom stereocenters. The Hall–Kier alpha value is -0.0400. The Morgan fingerprint density at radius 2 is 2.00 bits per heavy atom. The van der Waals surface area contributed by atoms with E-state index in [9.17, 15) is 0 Å². The summed E-state index contributed by atoms with van der Waals surface area (Å²) in [6.45, 7) is 5.45. The predicted molar refractivity (Wildman–Crippen MR) is 47.7 cm³/mol. The topological polar surface area (TPSA) is 9.23 Å². The van der Waals surface area contributed by atoms with E-state index in [1.807, 2.05) is 0 Å². The lowest BCUT2D eigenvalue weighted by Gasteiger charge is -2.28. The van der Waals surface area contributed by atoms with Crippen molar-refractivity contribution in [2.75, 3.05) is 6.61 Å². The highest BCUT2D eigenvalue weighted by molar-refractivity contribution is 4.72. The summed E-state index contributed by atoms with van der Waals surface area (Å²) in [6.07, 6.45) is 7.17. The molecule has 0 amide bonds. The van der Waals surface area contributed by atoms with Crippen LogP contribution in [0.5, 0.6) is 0 Å². The zero-order chi connectivity index (χ0) is 8.10. The van der Waals surface area contributed by atoms with Gasteiger partial charge in [0.15, 0.2) is 0 Å². The minimum absolute atomic E-state index is 0.573. The molecule has 1 heteroatoms. The molecule has 0 bridgehead atoms. The zero-order valence-corrected chi connectivity index (χ0v) is 7.81. The molecular formula is C10H20O. The van der Waals surface area contributed by atoms with Gasteiger partial charge in [-0.05, 0) is 25.2 Å². The maximum absolute atomic E-state index is 5.74. The molecule has 0 aliphatic heterocycles. The smallest absolute Gasteiger partial charge is 0.0600 e. The van der Waals surface area contributed by atoms with E-state index in [1.165, 1.54) is 25.7 Å². The highest BCUT2D eigenvalue weighted by atomic mass is 16.5. The fraction of sp³-hybridized carbons (Fsp3) is 1.00. The highest BCUT2D eigenvalue weighted by Crippen LogP contribution is 2.26. The first-order valence-corrected chi connectivity index (χ1v) is 4.96. The van der Waals surface area contributed by atoms with Crippen molar-refractivity contribution in [3.63, 3.8) is 0 Å². The normalized spacial score (nSPS) is 32.2. The number of hydrogen-bond donors (Lipinski definition) is 0. The van der Waals surface area contributed by atoms with E-state index in [1.54, 1.807) is 0 Å². The Bertz CT molecular complexity index is 101. The molecule has 1 rings (SSSR count). The van der Waals surface area contributed by atoms with Crippen LogP contribution >= 0.6 is 0 Å². The van der Waals surface area contributed by atoms with Crippen molar-refractivity contribution in [2.45, 2.75) is 52.1 Å². The molecular weight excluding hydrogens is 136 g/mol. The van der Waals surface area contributed by atoms with Gasteiger partial charge in [0.1, 0.15) is 0 Å². The van der Waals surface area contributed by atoms with E-state index in [-0.39, 0.29) is 0 Å². The summed E-state index contributed by atoms with van der Waals surface area (Å²) in [5.74, 6) is 0.801. The maximum Gasteiger partial charge on any atom is 0.0600 e. The molecule has 2 unspecified atom stereocenters. The molecule has 1 aliphatic rings. The Kier molecular flexibility index (Phi) is 3.92. The van der Waals surface area contributed by atoms with Crippen LogP contribution in [0.25, 0.3) is 0 Å². The Labute approximate surface area is 70.1 Å². The first kappa shape index (κ1) is 9.05. The maximum atomic E-state index is 5.74. The van der Waals surface area contributed by atoms with Gasteiger partial charge in [-0.25, -0.2) is 0 Å². The van der Waals surface area contributed by atoms with Crippen LogP contribution in [0.15, 0.2) is 0 Å². The van der Waals surface area contributed by atoms with Gasteiger partial charge in [-0.1, -0.05) is 26.7 Å². The van der Waals surface area contributed by atoms with Crippen LogP contribution in [0.3, 0.4) is 0 Å². The number of rotatable bonds is 3. The monoisotopic (exact) mass is 156 g/mol. The first-order chi connectivity index (χ1) is 5.34. The Morgan fingerprint density at radius 1 is 1.27 bits per heavy atom. The third kappa shape index (κ3) is 2.82. The van der Waals surface area contributed by atoms with Gasteiger partial charge < -0.3 is 4.74 Å². The van der Waals surface area contributed by atoms with Crippen LogP contribution in [-0.4, -0.2) is 12.7 Å². The molecule has 1 nitrogen and oxygen atoms in total. The fourth-order valence-corrected chi connectivity index (χ4v) is 1.80. The fourth-order valence-electron chi connectivity index (χ4n) is 1.80. The van der Waals surface area contributed by atoms with Crippen molar-refractivity contribution in [2.24, 2.45) is 5.92 Å². The van der Waals surface area contributed by atoms with E-state index in [0.717, 1.165) is 18.9 Å². The molecule has 1 fully saturated rings. The van der Waals surface area contributed by atoms with Crippen LogP contribution in [0, 0.1) is 5.92 Å². The van der Waals surface area contributed by atoms with Crippen molar-refractivity contribution >= 4 is 0 Å². The van der Waals surface area contributed by atoms with Gasteiger partial charge >= 0.3 is 0 Å².